The lowest BCUT2D eigenvalue weighted by Gasteiger charge is -2.26. The fourth-order valence-corrected chi connectivity index (χ4v) is 3.82. The van der Waals surface area contributed by atoms with Crippen LogP contribution in [0.4, 0.5) is 0 Å². The van der Waals surface area contributed by atoms with Crippen LogP contribution in [-0.2, 0) is 0 Å². The lowest BCUT2D eigenvalue weighted by atomic mass is 9.84. The molecule has 0 spiro atoms. The van der Waals surface area contributed by atoms with Crippen LogP contribution in [-0.4, -0.2) is 25.9 Å². The van der Waals surface area contributed by atoms with Gasteiger partial charge in [-0.1, -0.05) is 0 Å². The summed E-state index contributed by atoms with van der Waals surface area (Å²) in [4.78, 5) is 0. The molecule has 4 atom stereocenters. The highest BCUT2D eigenvalue weighted by Gasteiger charge is 2.48. The Morgan fingerprint density at radius 3 is 2.83 bits per heavy atom. The molecule has 2 bridgehead atoms. The predicted octanol–water partition coefficient (Wildman–Crippen LogP) is 1.27. The van der Waals surface area contributed by atoms with Gasteiger partial charge in [0.2, 0.25) is 0 Å². The summed E-state index contributed by atoms with van der Waals surface area (Å²) in [5.41, 5.74) is 8.19. The molecule has 5 nitrogen and oxygen atoms in total. The highest BCUT2D eigenvalue weighted by molar-refractivity contribution is 5.37. The van der Waals surface area contributed by atoms with Crippen LogP contribution < -0.4 is 5.73 Å². The third kappa shape index (κ3) is 1.28. The van der Waals surface area contributed by atoms with E-state index in [0.717, 1.165) is 17.2 Å². The first kappa shape index (κ1) is 10.4. The highest BCUT2D eigenvalue weighted by Crippen LogP contribution is 2.51. The summed E-state index contributed by atoms with van der Waals surface area (Å²) in [5, 5.41) is 13.1. The van der Waals surface area contributed by atoms with Crippen LogP contribution in [0.2, 0.25) is 0 Å². The number of rotatable bonds is 1. The van der Waals surface area contributed by atoms with Crippen molar-refractivity contribution in [2.45, 2.75) is 38.1 Å². The summed E-state index contributed by atoms with van der Waals surface area (Å²) in [7, 11) is 0. The molecule has 5 heteroatoms. The van der Waals surface area contributed by atoms with Crippen LogP contribution in [0.1, 0.15) is 36.7 Å². The lowest BCUT2D eigenvalue weighted by Crippen LogP contribution is -2.35. The maximum atomic E-state index is 6.38. The summed E-state index contributed by atoms with van der Waals surface area (Å²) >= 11 is 0. The molecule has 0 aromatic carbocycles. The van der Waals surface area contributed by atoms with E-state index in [0.29, 0.717) is 17.8 Å². The van der Waals surface area contributed by atoms with Crippen molar-refractivity contribution in [3.05, 3.63) is 23.7 Å². The van der Waals surface area contributed by atoms with Crippen molar-refractivity contribution in [1.82, 2.24) is 19.8 Å². The van der Waals surface area contributed by atoms with E-state index in [1.807, 2.05) is 23.6 Å². The van der Waals surface area contributed by atoms with Crippen molar-refractivity contribution in [3.63, 3.8) is 0 Å². The van der Waals surface area contributed by atoms with E-state index < -0.39 is 0 Å². The standard InChI is InChI=1S/C13H17N5/c1-7-2-5-10-15-16-13(18(10)17-7)11-8-3-4-9(6-8)12(11)14/h2,5,8-9,11-12H,3-4,6,14H2,1H3. The summed E-state index contributed by atoms with van der Waals surface area (Å²) in [6.07, 6.45) is 3.82. The topological polar surface area (TPSA) is 69.1 Å². The maximum Gasteiger partial charge on any atom is 0.177 e. The van der Waals surface area contributed by atoms with E-state index in [4.69, 9.17) is 5.73 Å². The summed E-state index contributed by atoms with van der Waals surface area (Å²) in [6, 6.07) is 4.17. The van der Waals surface area contributed by atoms with Crippen molar-refractivity contribution < 1.29 is 0 Å². The van der Waals surface area contributed by atoms with Gasteiger partial charge in [0.1, 0.15) is 0 Å². The van der Waals surface area contributed by atoms with Gasteiger partial charge in [-0.25, -0.2) is 0 Å². The molecule has 2 fully saturated rings. The molecule has 2 aliphatic rings. The molecular weight excluding hydrogens is 226 g/mol. The number of aromatic nitrogens is 4. The van der Waals surface area contributed by atoms with Crippen molar-refractivity contribution in [2.75, 3.05) is 0 Å². The zero-order chi connectivity index (χ0) is 12.3. The average Bonchev–Trinajstić information content (AvgIpc) is 3.03. The minimum atomic E-state index is 0.235. The van der Waals surface area contributed by atoms with Crippen molar-refractivity contribution in [3.8, 4) is 0 Å². The van der Waals surface area contributed by atoms with Crippen LogP contribution in [0.25, 0.3) is 5.65 Å². The van der Waals surface area contributed by atoms with Gasteiger partial charge in [-0.15, -0.1) is 10.2 Å². The van der Waals surface area contributed by atoms with Gasteiger partial charge in [-0.2, -0.15) is 9.61 Å². The van der Waals surface area contributed by atoms with E-state index in [1.54, 1.807) is 0 Å². The average molecular weight is 243 g/mol. The minimum Gasteiger partial charge on any atom is -0.327 e. The Morgan fingerprint density at radius 1 is 1.22 bits per heavy atom. The number of hydrogen-bond donors (Lipinski definition) is 1. The van der Waals surface area contributed by atoms with E-state index in [1.165, 1.54) is 19.3 Å². The molecule has 2 heterocycles. The van der Waals surface area contributed by atoms with Gasteiger partial charge in [-0.05, 0) is 50.2 Å². The van der Waals surface area contributed by atoms with Gasteiger partial charge in [0, 0.05) is 12.0 Å². The normalized spacial score (nSPS) is 34.6. The molecule has 2 aromatic heterocycles. The zero-order valence-electron chi connectivity index (χ0n) is 10.5. The highest BCUT2D eigenvalue weighted by atomic mass is 15.4. The molecule has 0 amide bonds. The third-order valence-electron chi connectivity index (χ3n) is 4.70. The Balaban J connectivity index is 1.85. The summed E-state index contributed by atoms with van der Waals surface area (Å²) < 4.78 is 1.89. The first-order valence-corrected chi connectivity index (χ1v) is 6.68. The second-order valence-electron chi connectivity index (χ2n) is 5.74. The molecule has 0 radical (unpaired) electrons. The second-order valence-corrected chi connectivity index (χ2v) is 5.74. The molecule has 4 rings (SSSR count). The third-order valence-corrected chi connectivity index (χ3v) is 4.70. The van der Waals surface area contributed by atoms with Crippen molar-refractivity contribution in [1.29, 1.82) is 0 Å². The number of fused-ring (bicyclic) bond motifs is 3. The molecule has 2 aliphatic carbocycles. The molecule has 0 aliphatic heterocycles. The van der Waals surface area contributed by atoms with Crippen molar-refractivity contribution in [2.24, 2.45) is 17.6 Å². The van der Waals surface area contributed by atoms with Crippen LogP contribution in [0.5, 0.6) is 0 Å². The van der Waals surface area contributed by atoms with E-state index >= 15 is 0 Å². The van der Waals surface area contributed by atoms with Gasteiger partial charge in [0.05, 0.1) is 5.69 Å². The summed E-state index contributed by atoms with van der Waals surface area (Å²) in [6.45, 7) is 1.99. The van der Waals surface area contributed by atoms with Gasteiger partial charge < -0.3 is 5.73 Å². The largest absolute Gasteiger partial charge is 0.327 e. The molecular formula is C13H17N5. The number of hydrogen-bond acceptors (Lipinski definition) is 4. The fraction of sp³-hybridized carbons (Fsp3) is 0.615. The fourth-order valence-electron chi connectivity index (χ4n) is 3.82. The van der Waals surface area contributed by atoms with E-state index in [-0.39, 0.29) is 6.04 Å². The first-order chi connectivity index (χ1) is 8.74. The minimum absolute atomic E-state index is 0.235. The molecule has 2 aromatic rings. The summed E-state index contributed by atoms with van der Waals surface area (Å²) in [5.74, 6) is 2.67. The smallest absolute Gasteiger partial charge is 0.177 e. The Labute approximate surface area is 105 Å². The number of nitrogens with two attached hydrogens (primary N) is 1. The molecule has 94 valence electrons. The van der Waals surface area contributed by atoms with Crippen molar-refractivity contribution >= 4 is 5.65 Å². The number of nitrogens with zero attached hydrogens (tertiary/aromatic N) is 4. The van der Waals surface area contributed by atoms with E-state index in [2.05, 4.69) is 15.3 Å². The Kier molecular flexibility index (Phi) is 2.03. The molecule has 2 N–H and O–H groups in total. The van der Waals surface area contributed by atoms with Gasteiger partial charge in [-0.3, -0.25) is 0 Å². The van der Waals surface area contributed by atoms with Crippen LogP contribution in [0.15, 0.2) is 12.1 Å². The van der Waals surface area contributed by atoms with E-state index in [9.17, 15) is 0 Å². The van der Waals surface area contributed by atoms with Gasteiger partial charge in [0.15, 0.2) is 11.5 Å². The predicted molar refractivity (Wildman–Crippen MR) is 67.1 cm³/mol. The quantitative estimate of drug-likeness (QED) is 0.819. The number of aryl methyl sites for hydroxylation is 1. The Bertz CT molecular complexity index is 602. The van der Waals surface area contributed by atoms with Crippen LogP contribution in [0, 0.1) is 18.8 Å². The Hall–Kier alpha value is -1.49. The second kappa shape index (κ2) is 3.51. The molecule has 0 saturated heterocycles. The van der Waals surface area contributed by atoms with Crippen LogP contribution in [0.3, 0.4) is 0 Å². The maximum absolute atomic E-state index is 6.38. The zero-order valence-corrected chi connectivity index (χ0v) is 10.5. The Morgan fingerprint density at radius 2 is 2.06 bits per heavy atom. The van der Waals surface area contributed by atoms with Gasteiger partial charge >= 0.3 is 0 Å². The van der Waals surface area contributed by atoms with Gasteiger partial charge in [0.25, 0.3) is 0 Å². The molecule has 18 heavy (non-hydrogen) atoms. The lowest BCUT2D eigenvalue weighted by molar-refractivity contribution is 0.350. The molecule has 2 saturated carbocycles. The SMILES string of the molecule is Cc1ccc2nnc(C3C4CCC(C4)C3N)n2n1. The molecule has 4 unspecified atom stereocenters. The van der Waals surface area contributed by atoms with Crippen LogP contribution >= 0.6 is 0 Å². The first-order valence-electron chi connectivity index (χ1n) is 6.68. The monoisotopic (exact) mass is 243 g/mol.